The third-order valence-corrected chi connectivity index (χ3v) is 8.30. The highest BCUT2D eigenvalue weighted by molar-refractivity contribution is 7.07. The van der Waals surface area contributed by atoms with Crippen LogP contribution < -0.4 is 19.6 Å². The van der Waals surface area contributed by atoms with E-state index in [0.717, 1.165) is 11.1 Å². The molecule has 6 rings (SSSR count). The number of fused-ring (bicyclic) bond motifs is 1. The standard InChI is InChI=1S/C36H27FN2O6S/c1-2-44-35(43)30-31(24-8-4-3-5-9-24)38-36-39(32(30)25-13-15-27(37)16-14-25)33(40)29(46-36)20-22-11-17-28(18-12-22)45-21-23-7-6-10-26(19-23)34(41)42/h3-20,32H,2,21H2,1H3,(H,41,42)/b29-20-/t32-/m0/s1. The van der Waals surface area contributed by atoms with Crippen LogP contribution in [0.2, 0.25) is 0 Å². The molecule has 0 radical (unpaired) electrons. The second-order valence-corrected chi connectivity index (χ2v) is 11.4. The highest BCUT2D eigenvalue weighted by atomic mass is 32.1. The highest BCUT2D eigenvalue weighted by Crippen LogP contribution is 2.35. The summed E-state index contributed by atoms with van der Waals surface area (Å²) >= 11 is 1.19. The summed E-state index contributed by atoms with van der Waals surface area (Å²) in [5, 5.41) is 9.22. The zero-order chi connectivity index (χ0) is 32.2. The number of esters is 1. The van der Waals surface area contributed by atoms with Crippen LogP contribution in [0.25, 0.3) is 11.8 Å². The van der Waals surface area contributed by atoms with Crippen molar-refractivity contribution in [1.82, 2.24) is 4.57 Å². The van der Waals surface area contributed by atoms with Gasteiger partial charge in [-0.3, -0.25) is 9.36 Å². The molecular formula is C36H27FN2O6S. The van der Waals surface area contributed by atoms with Crippen LogP contribution in [0.4, 0.5) is 4.39 Å². The first-order valence-corrected chi connectivity index (χ1v) is 15.2. The molecule has 0 amide bonds. The number of ether oxygens (including phenoxy) is 2. The van der Waals surface area contributed by atoms with E-state index in [1.54, 1.807) is 67.6 Å². The summed E-state index contributed by atoms with van der Waals surface area (Å²) < 4.78 is 27.1. The molecule has 0 fully saturated rings. The van der Waals surface area contributed by atoms with Crippen molar-refractivity contribution in [2.45, 2.75) is 19.6 Å². The minimum absolute atomic E-state index is 0.124. The number of carboxylic acids is 1. The van der Waals surface area contributed by atoms with Gasteiger partial charge in [0.05, 0.1) is 34.0 Å². The molecule has 10 heteroatoms. The average Bonchev–Trinajstić information content (AvgIpc) is 3.38. The Kier molecular flexibility index (Phi) is 8.71. The van der Waals surface area contributed by atoms with Crippen LogP contribution in [0.15, 0.2) is 118 Å². The number of carboxylic acid groups (broad SMARTS) is 1. The molecule has 1 atom stereocenters. The molecule has 1 aromatic heterocycles. The fraction of sp³-hybridized carbons (Fsp3) is 0.111. The third kappa shape index (κ3) is 6.29. The van der Waals surface area contributed by atoms with Gasteiger partial charge in [0.2, 0.25) is 0 Å². The molecule has 0 bridgehead atoms. The van der Waals surface area contributed by atoms with E-state index in [1.807, 2.05) is 30.3 Å². The fourth-order valence-electron chi connectivity index (χ4n) is 5.17. The zero-order valence-electron chi connectivity index (χ0n) is 24.6. The largest absolute Gasteiger partial charge is 0.489 e. The molecule has 1 aliphatic heterocycles. The van der Waals surface area contributed by atoms with Gasteiger partial charge in [0, 0.05) is 5.56 Å². The lowest BCUT2D eigenvalue weighted by molar-refractivity contribution is -0.138. The Bertz CT molecular complexity index is 2140. The fourth-order valence-corrected chi connectivity index (χ4v) is 6.17. The van der Waals surface area contributed by atoms with Crippen LogP contribution in [0.1, 0.15) is 45.6 Å². The molecule has 46 heavy (non-hydrogen) atoms. The monoisotopic (exact) mass is 634 g/mol. The predicted octanol–water partition coefficient (Wildman–Crippen LogP) is 5.35. The van der Waals surface area contributed by atoms with Crippen LogP contribution >= 0.6 is 11.3 Å². The summed E-state index contributed by atoms with van der Waals surface area (Å²) in [6.07, 6.45) is 1.74. The number of hydrogen-bond donors (Lipinski definition) is 1. The number of aromatic nitrogens is 1. The predicted molar refractivity (Wildman–Crippen MR) is 172 cm³/mol. The van der Waals surface area contributed by atoms with Gasteiger partial charge < -0.3 is 14.6 Å². The number of hydrogen-bond acceptors (Lipinski definition) is 7. The van der Waals surface area contributed by atoms with E-state index in [9.17, 15) is 23.9 Å². The van der Waals surface area contributed by atoms with Crippen LogP contribution in [-0.2, 0) is 16.1 Å². The Morgan fingerprint density at radius 1 is 0.978 bits per heavy atom. The summed E-state index contributed by atoms with van der Waals surface area (Å²) in [6.45, 7) is 2.02. The molecule has 1 N–H and O–H groups in total. The highest BCUT2D eigenvalue weighted by Gasteiger charge is 2.35. The van der Waals surface area contributed by atoms with Gasteiger partial charge in [-0.05, 0) is 66.1 Å². The molecule has 2 heterocycles. The minimum atomic E-state index is -1.01. The van der Waals surface area contributed by atoms with Crippen LogP contribution in [0.5, 0.6) is 5.75 Å². The van der Waals surface area contributed by atoms with E-state index in [4.69, 9.17) is 14.5 Å². The van der Waals surface area contributed by atoms with E-state index in [1.165, 1.54) is 34.1 Å². The normalized spacial score (nSPS) is 14.4. The first kappa shape index (κ1) is 30.4. The van der Waals surface area contributed by atoms with Crippen LogP contribution in [0.3, 0.4) is 0 Å². The van der Waals surface area contributed by atoms with Gasteiger partial charge in [0.15, 0.2) is 4.80 Å². The van der Waals surface area contributed by atoms with Crippen LogP contribution in [0, 0.1) is 5.82 Å². The Morgan fingerprint density at radius 3 is 2.41 bits per heavy atom. The second-order valence-electron chi connectivity index (χ2n) is 10.3. The molecule has 0 spiro atoms. The molecule has 5 aromatic rings. The van der Waals surface area contributed by atoms with E-state index < -0.39 is 23.8 Å². The van der Waals surface area contributed by atoms with Crippen molar-refractivity contribution in [2.75, 3.05) is 6.61 Å². The molecule has 1 aliphatic rings. The Labute approximate surface area is 266 Å². The Balaban J connectivity index is 1.40. The van der Waals surface area contributed by atoms with Crippen molar-refractivity contribution >= 4 is 35.0 Å². The first-order valence-electron chi connectivity index (χ1n) is 14.4. The van der Waals surface area contributed by atoms with Crippen molar-refractivity contribution in [3.05, 3.63) is 162 Å². The zero-order valence-corrected chi connectivity index (χ0v) is 25.4. The van der Waals surface area contributed by atoms with E-state index in [0.29, 0.717) is 31.9 Å². The number of thiazole rings is 1. The molecule has 0 aliphatic carbocycles. The van der Waals surface area contributed by atoms with Gasteiger partial charge in [0.1, 0.15) is 18.2 Å². The summed E-state index contributed by atoms with van der Waals surface area (Å²) in [6, 6.07) is 27.7. The Morgan fingerprint density at radius 2 is 1.72 bits per heavy atom. The molecule has 0 saturated carbocycles. The van der Waals surface area contributed by atoms with E-state index in [2.05, 4.69) is 0 Å². The van der Waals surface area contributed by atoms with Crippen molar-refractivity contribution in [3.63, 3.8) is 0 Å². The first-order chi connectivity index (χ1) is 22.3. The van der Waals surface area contributed by atoms with Gasteiger partial charge >= 0.3 is 11.9 Å². The van der Waals surface area contributed by atoms with Crippen molar-refractivity contribution in [1.29, 1.82) is 0 Å². The van der Waals surface area contributed by atoms with Gasteiger partial charge in [0.25, 0.3) is 5.56 Å². The number of benzene rings is 4. The molecule has 230 valence electrons. The quantitative estimate of drug-likeness (QED) is 0.219. The van der Waals surface area contributed by atoms with E-state index in [-0.39, 0.29) is 29.9 Å². The maximum absolute atomic E-state index is 14.0. The van der Waals surface area contributed by atoms with E-state index >= 15 is 0 Å². The van der Waals surface area contributed by atoms with Gasteiger partial charge in [-0.2, -0.15) is 0 Å². The lowest BCUT2D eigenvalue weighted by Gasteiger charge is -2.25. The lowest BCUT2D eigenvalue weighted by Crippen LogP contribution is -2.40. The molecule has 0 saturated heterocycles. The van der Waals surface area contributed by atoms with Gasteiger partial charge in [-0.25, -0.2) is 19.0 Å². The number of rotatable bonds is 9. The summed E-state index contributed by atoms with van der Waals surface area (Å²) in [4.78, 5) is 44.0. The lowest BCUT2D eigenvalue weighted by atomic mass is 9.93. The maximum atomic E-state index is 14.0. The summed E-state index contributed by atoms with van der Waals surface area (Å²) in [5.41, 5.74) is 3.08. The van der Waals surface area contributed by atoms with Gasteiger partial charge in [-0.15, -0.1) is 0 Å². The minimum Gasteiger partial charge on any atom is -0.489 e. The van der Waals surface area contributed by atoms with Crippen molar-refractivity contribution in [2.24, 2.45) is 4.99 Å². The van der Waals surface area contributed by atoms with Crippen LogP contribution in [-0.4, -0.2) is 28.2 Å². The van der Waals surface area contributed by atoms with Crippen molar-refractivity contribution < 1.29 is 28.6 Å². The average molecular weight is 635 g/mol. The van der Waals surface area contributed by atoms with Gasteiger partial charge in [-0.1, -0.05) is 78.1 Å². The SMILES string of the molecule is CCOC(=O)C1=C(c2ccccc2)N=c2s/c(=C\c3ccc(OCc4cccc(C(=O)O)c4)cc3)c(=O)n2[C@H]1c1ccc(F)cc1. The Hall–Kier alpha value is -5.61. The number of halogens is 1. The second kappa shape index (κ2) is 13.2. The molecule has 8 nitrogen and oxygen atoms in total. The number of carbonyl (C=O) groups excluding carboxylic acids is 1. The number of nitrogens with zero attached hydrogens (tertiary/aromatic N) is 2. The smallest absolute Gasteiger partial charge is 0.338 e. The number of aromatic carboxylic acids is 1. The maximum Gasteiger partial charge on any atom is 0.338 e. The molecular weight excluding hydrogens is 607 g/mol. The number of carbonyl (C=O) groups is 2. The van der Waals surface area contributed by atoms with Crippen molar-refractivity contribution in [3.8, 4) is 5.75 Å². The third-order valence-electron chi connectivity index (χ3n) is 7.32. The topological polar surface area (TPSA) is 107 Å². The molecule has 0 unspecified atom stereocenters. The summed E-state index contributed by atoms with van der Waals surface area (Å²) in [7, 11) is 0. The molecule has 4 aromatic carbocycles. The summed E-state index contributed by atoms with van der Waals surface area (Å²) in [5.74, 6) is -1.49.